The zero-order valence-electron chi connectivity index (χ0n) is 14.2. The SMILES string of the molecule is CC1(C)CC(Nc2cccc(C(=O)O)c2)CN1Cc1ccccc1. The van der Waals surface area contributed by atoms with Gasteiger partial charge in [-0.05, 0) is 44.0 Å². The number of carbonyl (C=O) groups is 1. The summed E-state index contributed by atoms with van der Waals surface area (Å²) in [6.07, 6.45) is 1.02. The Bertz CT molecular complexity index is 713. The van der Waals surface area contributed by atoms with Crippen molar-refractivity contribution in [3.8, 4) is 0 Å². The van der Waals surface area contributed by atoms with E-state index in [0.29, 0.717) is 11.6 Å². The quantitative estimate of drug-likeness (QED) is 0.877. The topological polar surface area (TPSA) is 52.6 Å². The van der Waals surface area contributed by atoms with Gasteiger partial charge < -0.3 is 10.4 Å². The second-order valence-corrected chi connectivity index (χ2v) is 7.11. The molecule has 0 saturated carbocycles. The number of rotatable bonds is 5. The molecule has 1 saturated heterocycles. The lowest BCUT2D eigenvalue weighted by atomic mass is 9.99. The average molecular weight is 324 g/mol. The highest BCUT2D eigenvalue weighted by molar-refractivity contribution is 5.88. The highest BCUT2D eigenvalue weighted by Crippen LogP contribution is 2.32. The van der Waals surface area contributed by atoms with Gasteiger partial charge in [-0.2, -0.15) is 0 Å². The molecule has 1 unspecified atom stereocenters. The van der Waals surface area contributed by atoms with Gasteiger partial charge in [0.25, 0.3) is 0 Å². The summed E-state index contributed by atoms with van der Waals surface area (Å²) in [6.45, 7) is 6.41. The Balaban J connectivity index is 1.68. The summed E-state index contributed by atoms with van der Waals surface area (Å²) >= 11 is 0. The van der Waals surface area contributed by atoms with Gasteiger partial charge in [-0.3, -0.25) is 4.90 Å². The molecule has 1 heterocycles. The normalized spacial score (nSPS) is 20.0. The zero-order valence-corrected chi connectivity index (χ0v) is 14.2. The fraction of sp³-hybridized carbons (Fsp3) is 0.350. The molecule has 0 radical (unpaired) electrons. The Morgan fingerprint density at radius 2 is 1.96 bits per heavy atom. The predicted molar refractivity (Wildman–Crippen MR) is 96.4 cm³/mol. The lowest BCUT2D eigenvalue weighted by Crippen LogP contribution is -2.37. The molecular formula is C20H24N2O2. The smallest absolute Gasteiger partial charge is 0.335 e. The van der Waals surface area contributed by atoms with Crippen LogP contribution in [0.2, 0.25) is 0 Å². The Hall–Kier alpha value is -2.33. The summed E-state index contributed by atoms with van der Waals surface area (Å²) in [6, 6.07) is 17.9. The Kier molecular flexibility index (Phi) is 4.58. The maximum absolute atomic E-state index is 11.1. The van der Waals surface area contributed by atoms with Crippen LogP contribution in [0.4, 0.5) is 5.69 Å². The lowest BCUT2D eigenvalue weighted by Gasteiger charge is -2.31. The second-order valence-electron chi connectivity index (χ2n) is 7.11. The number of anilines is 1. The number of carboxylic acids is 1. The molecule has 1 atom stereocenters. The number of hydrogen-bond donors (Lipinski definition) is 2. The van der Waals surface area contributed by atoms with Crippen molar-refractivity contribution in [2.45, 2.75) is 38.4 Å². The summed E-state index contributed by atoms with van der Waals surface area (Å²) in [7, 11) is 0. The van der Waals surface area contributed by atoms with Gasteiger partial charge in [0, 0.05) is 30.4 Å². The summed E-state index contributed by atoms with van der Waals surface area (Å²) in [5.74, 6) is -0.892. The molecular weight excluding hydrogens is 300 g/mol. The Morgan fingerprint density at radius 3 is 2.67 bits per heavy atom. The zero-order chi connectivity index (χ0) is 17.2. The number of nitrogens with one attached hydrogen (secondary N) is 1. The van der Waals surface area contributed by atoms with Crippen molar-refractivity contribution in [2.24, 2.45) is 0 Å². The maximum Gasteiger partial charge on any atom is 0.335 e. The number of likely N-dealkylation sites (tertiary alicyclic amines) is 1. The molecule has 1 aliphatic heterocycles. The standard InChI is InChI=1S/C20H24N2O2/c1-20(2)12-18(14-22(20)13-15-7-4-3-5-8-15)21-17-10-6-9-16(11-17)19(23)24/h3-11,18,21H,12-14H2,1-2H3,(H,23,24). The third kappa shape index (κ3) is 3.77. The van der Waals surface area contributed by atoms with Gasteiger partial charge in [0.2, 0.25) is 0 Å². The minimum atomic E-state index is -0.892. The summed E-state index contributed by atoms with van der Waals surface area (Å²) in [4.78, 5) is 13.6. The van der Waals surface area contributed by atoms with Crippen LogP contribution in [0.15, 0.2) is 54.6 Å². The van der Waals surface area contributed by atoms with Crippen LogP contribution in [-0.2, 0) is 6.54 Å². The fourth-order valence-electron chi connectivity index (χ4n) is 3.47. The third-order valence-electron chi connectivity index (χ3n) is 4.74. The predicted octanol–water partition coefficient (Wildman–Crippen LogP) is 3.85. The van der Waals surface area contributed by atoms with Crippen molar-refractivity contribution >= 4 is 11.7 Å². The van der Waals surface area contributed by atoms with Crippen LogP contribution in [0.3, 0.4) is 0 Å². The Morgan fingerprint density at radius 1 is 1.21 bits per heavy atom. The van der Waals surface area contributed by atoms with E-state index in [1.165, 1.54) is 5.56 Å². The first-order valence-corrected chi connectivity index (χ1v) is 8.33. The molecule has 0 amide bonds. The van der Waals surface area contributed by atoms with Crippen LogP contribution in [0.1, 0.15) is 36.2 Å². The first kappa shape index (κ1) is 16.5. The first-order valence-electron chi connectivity index (χ1n) is 8.33. The third-order valence-corrected chi connectivity index (χ3v) is 4.74. The minimum absolute atomic E-state index is 0.109. The highest BCUT2D eigenvalue weighted by Gasteiger charge is 2.38. The molecule has 126 valence electrons. The van der Waals surface area contributed by atoms with Gasteiger partial charge in [-0.1, -0.05) is 36.4 Å². The minimum Gasteiger partial charge on any atom is -0.478 e. The van der Waals surface area contributed by atoms with Gasteiger partial charge in [0.15, 0.2) is 0 Å². The molecule has 1 aliphatic rings. The van der Waals surface area contributed by atoms with Crippen LogP contribution in [0, 0.1) is 0 Å². The van der Waals surface area contributed by atoms with Crippen molar-refractivity contribution in [1.82, 2.24) is 4.90 Å². The van der Waals surface area contributed by atoms with E-state index in [0.717, 1.165) is 25.2 Å². The van der Waals surface area contributed by atoms with E-state index in [-0.39, 0.29) is 5.54 Å². The van der Waals surface area contributed by atoms with Crippen molar-refractivity contribution in [3.05, 3.63) is 65.7 Å². The summed E-state index contributed by atoms with van der Waals surface area (Å²) in [5.41, 5.74) is 2.62. The number of carboxylic acid groups (broad SMARTS) is 1. The van der Waals surface area contributed by atoms with Gasteiger partial charge in [-0.25, -0.2) is 4.79 Å². The highest BCUT2D eigenvalue weighted by atomic mass is 16.4. The van der Waals surface area contributed by atoms with Crippen LogP contribution in [0.5, 0.6) is 0 Å². The molecule has 2 N–H and O–H groups in total. The van der Waals surface area contributed by atoms with E-state index in [9.17, 15) is 4.79 Å². The largest absolute Gasteiger partial charge is 0.478 e. The fourth-order valence-corrected chi connectivity index (χ4v) is 3.47. The van der Waals surface area contributed by atoms with Crippen LogP contribution >= 0.6 is 0 Å². The van der Waals surface area contributed by atoms with Crippen molar-refractivity contribution < 1.29 is 9.90 Å². The number of nitrogens with zero attached hydrogens (tertiary/aromatic N) is 1. The maximum atomic E-state index is 11.1. The van der Waals surface area contributed by atoms with Gasteiger partial charge >= 0.3 is 5.97 Å². The summed E-state index contributed by atoms with van der Waals surface area (Å²) < 4.78 is 0. The molecule has 3 rings (SSSR count). The van der Waals surface area contributed by atoms with Crippen LogP contribution in [-0.4, -0.2) is 34.1 Å². The lowest BCUT2D eigenvalue weighted by molar-refractivity contribution is 0.0697. The molecule has 1 fully saturated rings. The van der Waals surface area contributed by atoms with Crippen molar-refractivity contribution in [3.63, 3.8) is 0 Å². The van der Waals surface area contributed by atoms with Gasteiger partial charge in [-0.15, -0.1) is 0 Å². The van der Waals surface area contributed by atoms with E-state index in [1.807, 2.05) is 12.1 Å². The molecule has 4 nitrogen and oxygen atoms in total. The molecule has 0 aromatic heterocycles. The molecule has 4 heteroatoms. The molecule has 24 heavy (non-hydrogen) atoms. The number of benzene rings is 2. The first-order chi connectivity index (χ1) is 11.4. The van der Waals surface area contributed by atoms with E-state index < -0.39 is 5.97 Å². The molecule has 0 spiro atoms. The van der Waals surface area contributed by atoms with E-state index >= 15 is 0 Å². The molecule has 0 bridgehead atoms. The van der Waals surface area contributed by atoms with Crippen LogP contribution < -0.4 is 5.32 Å². The monoisotopic (exact) mass is 324 g/mol. The second kappa shape index (κ2) is 6.65. The number of aromatic carboxylic acids is 1. The van der Waals surface area contributed by atoms with E-state index in [1.54, 1.807) is 18.2 Å². The molecule has 0 aliphatic carbocycles. The van der Waals surface area contributed by atoms with Crippen LogP contribution in [0.25, 0.3) is 0 Å². The van der Waals surface area contributed by atoms with Crippen molar-refractivity contribution in [2.75, 3.05) is 11.9 Å². The van der Waals surface area contributed by atoms with Gasteiger partial charge in [0.1, 0.15) is 0 Å². The average Bonchev–Trinajstić information content (AvgIpc) is 2.82. The molecule has 2 aromatic rings. The summed E-state index contributed by atoms with van der Waals surface area (Å²) in [5, 5.41) is 12.6. The van der Waals surface area contributed by atoms with E-state index in [2.05, 4.69) is 48.3 Å². The number of hydrogen-bond acceptors (Lipinski definition) is 3. The van der Waals surface area contributed by atoms with E-state index in [4.69, 9.17) is 5.11 Å². The molecule has 2 aromatic carbocycles. The van der Waals surface area contributed by atoms with Crippen molar-refractivity contribution in [1.29, 1.82) is 0 Å². The Labute approximate surface area is 143 Å². The van der Waals surface area contributed by atoms with Gasteiger partial charge in [0.05, 0.1) is 5.56 Å².